The molecule has 4 nitrogen and oxygen atoms in total. The first kappa shape index (κ1) is 16.1. The summed E-state index contributed by atoms with van der Waals surface area (Å²) in [6.45, 7) is 4.57. The van der Waals surface area contributed by atoms with Crippen molar-refractivity contribution in [2.45, 2.75) is 50.6 Å². The highest BCUT2D eigenvalue weighted by molar-refractivity contribution is 7.09. The number of rotatable bonds is 3. The van der Waals surface area contributed by atoms with Crippen molar-refractivity contribution in [2.75, 3.05) is 26.2 Å². The lowest BCUT2D eigenvalue weighted by Gasteiger charge is -2.61. The average Bonchev–Trinajstić information content (AvgIpc) is 3.12. The minimum atomic E-state index is 0.110. The summed E-state index contributed by atoms with van der Waals surface area (Å²) >= 11 is 1.70. The highest BCUT2D eigenvalue weighted by atomic mass is 32.1. The lowest BCUT2D eigenvalue weighted by Crippen LogP contribution is -2.64. The fourth-order valence-electron chi connectivity index (χ4n) is 6.52. The van der Waals surface area contributed by atoms with Crippen LogP contribution in [0.1, 0.15) is 43.4 Å². The Labute approximate surface area is 154 Å². The van der Waals surface area contributed by atoms with Crippen molar-refractivity contribution >= 4 is 17.4 Å². The Balaban J connectivity index is 1.17. The average molecular weight is 360 g/mol. The largest absolute Gasteiger partial charge is 0.333 e. The van der Waals surface area contributed by atoms with Crippen molar-refractivity contribution in [3.63, 3.8) is 0 Å². The predicted molar refractivity (Wildman–Crippen MR) is 101 cm³/mol. The summed E-state index contributed by atoms with van der Waals surface area (Å²) in [5, 5.41) is 5.15. The van der Waals surface area contributed by atoms with E-state index in [0.29, 0.717) is 12.1 Å². The van der Waals surface area contributed by atoms with Gasteiger partial charge in [-0.3, -0.25) is 4.90 Å². The first-order chi connectivity index (χ1) is 12.2. The summed E-state index contributed by atoms with van der Waals surface area (Å²) in [5.41, 5.74) is 0.494. The Hall–Kier alpha value is -1.07. The van der Waals surface area contributed by atoms with Crippen molar-refractivity contribution in [3.8, 4) is 0 Å². The summed E-state index contributed by atoms with van der Waals surface area (Å²) in [6, 6.07) is 4.23. The molecule has 1 aliphatic heterocycles. The molecule has 1 N–H and O–H groups in total. The van der Waals surface area contributed by atoms with Gasteiger partial charge < -0.3 is 10.2 Å². The molecule has 25 heavy (non-hydrogen) atoms. The number of urea groups is 1. The first-order valence-electron chi connectivity index (χ1n) is 10.0. The quantitative estimate of drug-likeness (QED) is 0.896. The molecular weight excluding hydrogens is 330 g/mol. The molecule has 1 aromatic heterocycles. The molecule has 1 saturated heterocycles. The number of nitrogens with one attached hydrogen (secondary N) is 1. The van der Waals surface area contributed by atoms with Crippen LogP contribution in [0.3, 0.4) is 0 Å². The van der Waals surface area contributed by atoms with Gasteiger partial charge in [0.2, 0.25) is 0 Å². The zero-order chi connectivity index (χ0) is 16.9. The molecule has 5 heteroatoms. The first-order valence-corrected chi connectivity index (χ1v) is 10.9. The normalized spacial score (nSPS) is 37.4. The van der Waals surface area contributed by atoms with Crippen LogP contribution in [0.4, 0.5) is 4.79 Å². The predicted octanol–water partition coefficient (Wildman–Crippen LogP) is 3.54. The number of hydrogen-bond acceptors (Lipinski definition) is 3. The monoisotopic (exact) mass is 359 g/mol. The van der Waals surface area contributed by atoms with Crippen molar-refractivity contribution in [1.82, 2.24) is 15.1 Å². The van der Waals surface area contributed by atoms with Gasteiger partial charge in [-0.1, -0.05) is 6.07 Å². The fraction of sp³-hybridized carbons (Fsp3) is 0.750. The van der Waals surface area contributed by atoms with E-state index in [1.54, 1.807) is 11.3 Å². The van der Waals surface area contributed by atoms with E-state index < -0.39 is 0 Å². The molecule has 5 aliphatic rings. The van der Waals surface area contributed by atoms with E-state index >= 15 is 0 Å². The van der Waals surface area contributed by atoms with E-state index in [4.69, 9.17) is 0 Å². The zero-order valence-corrected chi connectivity index (χ0v) is 15.8. The maximum atomic E-state index is 12.4. The number of nitrogens with zero attached hydrogens (tertiary/aromatic N) is 2. The molecule has 0 aromatic carbocycles. The second-order valence-corrected chi connectivity index (χ2v) is 9.89. The van der Waals surface area contributed by atoms with Crippen LogP contribution in [-0.2, 0) is 6.54 Å². The molecule has 0 spiro atoms. The van der Waals surface area contributed by atoms with E-state index in [1.807, 2.05) is 11.0 Å². The molecule has 0 atom stereocenters. The molecule has 2 amide bonds. The fourth-order valence-corrected chi connectivity index (χ4v) is 7.17. The summed E-state index contributed by atoms with van der Waals surface area (Å²) < 4.78 is 0. The Morgan fingerprint density at radius 2 is 1.72 bits per heavy atom. The number of piperazine rings is 1. The molecule has 4 bridgehead atoms. The van der Waals surface area contributed by atoms with Crippen molar-refractivity contribution in [2.24, 2.45) is 17.8 Å². The Bertz CT molecular complexity index is 586. The molecule has 6 rings (SSSR count). The number of thiophene rings is 1. The van der Waals surface area contributed by atoms with E-state index in [9.17, 15) is 4.79 Å². The standard InChI is InChI=1S/C20H29N3OS/c24-19(21-14-18-2-1-7-25-18)22-3-5-23(6-4-22)20-11-15-8-16(12-20)10-17(9-15)13-20/h1-2,7,15-17H,3-6,8-14H2,(H,21,24). The molecule has 1 aromatic rings. The highest BCUT2D eigenvalue weighted by Crippen LogP contribution is 2.57. The third-order valence-electron chi connectivity index (χ3n) is 7.24. The van der Waals surface area contributed by atoms with E-state index in [0.717, 1.165) is 43.9 Å². The van der Waals surface area contributed by atoms with Crippen LogP contribution in [0, 0.1) is 17.8 Å². The van der Waals surface area contributed by atoms with Gasteiger partial charge in [-0.25, -0.2) is 4.79 Å². The van der Waals surface area contributed by atoms with Gasteiger partial charge in [-0.15, -0.1) is 11.3 Å². The molecule has 136 valence electrons. The van der Waals surface area contributed by atoms with Gasteiger partial charge in [0.15, 0.2) is 0 Å². The van der Waals surface area contributed by atoms with E-state index in [-0.39, 0.29) is 6.03 Å². The Morgan fingerprint density at radius 3 is 2.28 bits per heavy atom. The van der Waals surface area contributed by atoms with Crippen LogP contribution in [0.2, 0.25) is 0 Å². The van der Waals surface area contributed by atoms with Crippen LogP contribution >= 0.6 is 11.3 Å². The lowest BCUT2D eigenvalue weighted by molar-refractivity contribution is -0.0982. The number of amides is 2. The molecule has 4 saturated carbocycles. The molecule has 5 fully saturated rings. The van der Waals surface area contributed by atoms with Crippen LogP contribution in [0.15, 0.2) is 17.5 Å². The molecule has 2 heterocycles. The minimum absolute atomic E-state index is 0.110. The van der Waals surface area contributed by atoms with Gasteiger partial charge >= 0.3 is 6.03 Å². The minimum Gasteiger partial charge on any atom is -0.333 e. The van der Waals surface area contributed by atoms with Crippen LogP contribution in [0.5, 0.6) is 0 Å². The van der Waals surface area contributed by atoms with Crippen molar-refractivity contribution < 1.29 is 4.79 Å². The van der Waals surface area contributed by atoms with Gasteiger partial charge in [-0.2, -0.15) is 0 Å². The Kier molecular flexibility index (Phi) is 4.05. The maximum Gasteiger partial charge on any atom is 0.317 e. The molecule has 4 aliphatic carbocycles. The maximum absolute atomic E-state index is 12.4. The topological polar surface area (TPSA) is 35.6 Å². The number of hydrogen-bond donors (Lipinski definition) is 1. The summed E-state index contributed by atoms with van der Waals surface area (Å²) in [5.74, 6) is 3.00. The van der Waals surface area contributed by atoms with Crippen molar-refractivity contribution in [3.05, 3.63) is 22.4 Å². The smallest absolute Gasteiger partial charge is 0.317 e. The van der Waals surface area contributed by atoms with Crippen LogP contribution in [-0.4, -0.2) is 47.5 Å². The van der Waals surface area contributed by atoms with Gasteiger partial charge in [0.05, 0.1) is 6.54 Å². The van der Waals surface area contributed by atoms with E-state index in [2.05, 4.69) is 21.7 Å². The second kappa shape index (κ2) is 6.27. The van der Waals surface area contributed by atoms with Gasteiger partial charge in [0.1, 0.15) is 0 Å². The second-order valence-electron chi connectivity index (χ2n) is 8.85. The zero-order valence-electron chi connectivity index (χ0n) is 15.0. The number of carbonyl (C=O) groups is 1. The molecule has 0 unspecified atom stereocenters. The number of carbonyl (C=O) groups excluding carboxylic acids is 1. The highest BCUT2D eigenvalue weighted by Gasteiger charge is 2.53. The van der Waals surface area contributed by atoms with Gasteiger partial charge in [0, 0.05) is 36.6 Å². The van der Waals surface area contributed by atoms with E-state index in [1.165, 1.54) is 43.4 Å². The lowest BCUT2D eigenvalue weighted by atomic mass is 9.52. The summed E-state index contributed by atoms with van der Waals surface area (Å²) in [4.78, 5) is 18.5. The molecule has 0 radical (unpaired) electrons. The van der Waals surface area contributed by atoms with Crippen LogP contribution < -0.4 is 5.32 Å². The summed E-state index contributed by atoms with van der Waals surface area (Å²) in [7, 11) is 0. The third-order valence-corrected chi connectivity index (χ3v) is 8.11. The molecular formula is C20H29N3OS. The van der Waals surface area contributed by atoms with Gasteiger partial charge in [-0.05, 0) is 67.7 Å². The third kappa shape index (κ3) is 2.99. The SMILES string of the molecule is O=C(NCc1cccs1)N1CCN(C23CC4CC(CC(C4)C2)C3)CC1. The van der Waals surface area contributed by atoms with Gasteiger partial charge in [0.25, 0.3) is 0 Å². The summed E-state index contributed by atoms with van der Waals surface area (Å²) in [6.07, 6.45) is 8.82. The van der Waals surface area contributed by atoms with Crippen LogP contribution in [0.25, 0.3) is 0 Å². The Morgan fingerprint density at radius 1 is 1.08 bits per heavy atom. The van der Waals surface area contributed by atoms with Crippen molar-refractivity contribution in [1.29, 1.82) is 0 Å².